The third-order valence-corrected chi connectivity index (χ3v) is 11.0. The first-order valence-corrected chi connectivity index (χ1v) is 14.7. The number of thioether (sulfide) groups is 1. The molecule has 1 spiro atoms. The zero-order chi connectivity index (χ0) is 27.0. The first kappa shape index (κ1) is 27.1. The number of para-hydroxylation sites is 1. The van der Waals surface area contributed by atoms with Gasteiger partial charge in [0.05, 0.1) is 28.7 Å². The molecule has 2 bridgehead atoms. The lowest BCUT2D eigenvalue weighted by Gasteiger charge is -2.37. The molecule has 1 aromatic carbocycles. The molecule has 204 valence electrons. The third-order valence-electron chi connectivity index (χ3n) is 7.78. The van der Waals surface area contributed by atoms with Gasteiger partial charge in [0.15, 0.2) is 0 Å². The molecule has 3 aliphatic heterocycles. The number of hydrogen-bond acceptors (Lipinski definition) is 8. The fraction of sp³-hybridized carbons (Fsp3) is 0.577. The number of rotatable bonds is 11. The summed E-state index contributed by atoms with van der Waals surface area (Å²) in [4.78, 5) is 44.8. The number of nitrogens with zero attached hydrogens (tertiary/aromatic N) is 5. The van der Waals surface area contributed by atoms with Gasteiger partial charge in [-0.1, -0.05) is 39.4 Å². The lowest BCUT2D eigenvalue weighted by molar-refractivity contribution is -0.153. The van der Waals surface area contributed by atoms with Gasteiger partial charge >= 0.3 is 5.97 Å². The monoisotopic (exact) mass is 605 g/mol. The fourth-order valence-electron chi connectivity index (χ4n) is 6.28. The second-order valence-corrected chi connectivity index (χ2v) is 12.7. The Hall–Kier alpha value is -2.44. The molecule has 3 fully saturated rings. The number of aliphatic hydroxyl groups excluding tert-OH is 1. The molecule has 0 saturated carbocycles. The molecule has 1 aromatic heterocycles. The van der Waals surface area contributed by atoms with Gasteiger partial charge in [-0.2, -0.15) is 0 Å². The number of ether oxygens (including phenoxy) is 1. The Morgan fingerprint density at radius 3 is 2.89 bits per heavy atom. The molecule has 0 radical (unpaired) electrons. The van der Waals surface area contributed by atoms with Gasteiger partial charge in [0.25, 0.3) is 0 Å². The maximum atomic E-state index is 14.4. The van der Waals surface area contributed by atoms with Crippen LogP contribution in [0, 0.1) is 11.8 Å². The summed E-state index contributed by atoms with van der Waals surface area (Å²) in [5, 5.41) is 17.7. The Balaban J connectivity index is 1.52. The van der Waals surface area contributed by atoms with Crippen LogP contribution in [0.5, 0.6) is 0 Å². The van der Waals surface area contributed by atoms with Crippen molar-refractivity contribution in [3.63, 3.8) is 0 Å². The van der Waals surface area contributed by atoms with Gasteiger partial charge in [-0.05, 0) is 38.3 Å². The number of unbranched alkanes of at least 4 members (excludes halogenated alkanes) is 1. The number of benzene rings is 1. The molecule has 3 unspecified atom stereocenters. The van der Waals surface area contributed by atoms with Crippen LogP contribution in [0.4, 0.5) is 0 Å². The van der Waals surface area contributed by atoms with Crippen LogP contribution in [-0.2, 0) is 25.8 Å². The van der Waals surface area contributed by atoms with Gasteiger partial charge in [0.2, 0.25) is 11.8 Å². The van der Waals surface area contributed by atoms with E-state index >= 15 is 0 Å². The highest BCUT2D eigenvalue weighted by Crippen LogP contribution is 2.68. The summed E-state index contributed by atoms with van der Waals surface area (Å²) in [6, 6.07) is 6.77. The zero-order valence-corrected chi connectivity index (χ0v) is 23.6. The van der Waals surface area contributed by atoms with Crippen LogP contribution in [0.2, 0.25) is 0 Å². The number of aromatic nitrogens is 3. The number of aliphatic hydroxyl groups is 1. The molecule has 12 heteroatoms. The second-order valence-electron chi connectivity index (χ2n) is 9.95. The van der Waals surface area contributed by atoms with Crippen molar-refractivity contribution in [2.24, 2.45) is 11.8 Å². The van der Waals surface area contributed by atoms with Crippen LogP contribution in [0.1, 0.15) is 26.2 Å². The van der Waals surface area contributed by atoms with Gasteiger partial charge < -0.3 is 19.6 Å². The molecule has 1 N–H and O–H groups in total. The summed E-state index contributed by atoms with van der Waals surface area (Å²) in [5.41, 5.74) is 1.52. The Bertz CT molecular complexity index is 1240. The number of esters is 1. The molecule has 0 aliphatic carbocycles. The lowest BCUT2D eigenvalue weighted by Crippen LogP contribution is -2.55. The van der Waals surface area contributed by atoms with Gasteiger partial charge in [0.1, 0.15) is 18.2 Å². The molecule has 4 heterocycles. The molecule has 5 rings (SSSR count). The average molecular weight is 607 g/mol. The highest BCUT2D eigenvalue weighted by Gasteiger charge is 2.76. The molecule has 6 atom stereocenters. The summed E-state index contributed by atoms with van der Waals surface area (Å²) < 4.78 is 6.32. The highest BCUT2D eigenvalue weighted by molar-refractivity contribution is 9.09. The van der Waals surface area contributed by atoms with Crippen LogP contribution in [0.25, 0.3) is 11.0 Å². The SMILES string of the molecule is C=CCN(Cn1nnc2ccccc21)C(=O)C1N(CCCCO)C(=O)[C@@H]2[C@H](C(=O)OCC)[C@H]3SC12CC3Br. The number of alkyl halides is 1. The van der Waals surface area contributed by atoms with E-state index in [1.807, 2.05) is 24.3 Å². The zero-order valence-electron chi connectivity index (χ0n) is 21.2. The van der Waals surface area contributed by atoms with E-state index < -0.39 is 22.6 Å². The van der Waals surface area contributed by atoms with Crippen molar-refractivity contribution in [2.75, 3.05) is 26.3 Å². The molecular formula is C26H32BrN5O5S. The Kier molecular flexibility index (Phi) is 7.84. The lowest BCUT2D eigenvalue weighted by atomic mass is 9.71. The van der Waals surface area contributed by atoms with Gasteiger partial charge in [-0.3, -0.25) is 14.4 Å². The van der Waals surface area contributed by atoms with Crippen molar-refractivity contribution >= 4 is 56.5 Å². The molecule has 3 aliphatic rings. The number of halogens is 1. The van der Waals surface area contributed by atoms with E-state index in [4.69, 9.17) is 4.74 Å². The first-order valence-electron chi connectivity index (χ1n) is 13.0. The largest absolute Gasteiger partial charge is 0.466 e. The van der Waals surface area contributed by atoms with E-state index in [-0.39, 0.29) is 54.3 Å². The average Bonchev–Trinajstić information content (AvgIpc) is 3.61. The van der Waals surface area contributed by atoms with Crippen molar-refractivity contribution in [3.05, 3.63) is 36.9 Å². The smallest absolute Gasteiger partial charge is 0.310 e. The van der Waals surface area contributed by atoms with Gasteiger partial charge in [0, 0.05) is 29.8 Å². The Labute approximate surface area is 233 Å². The van der Waals surface area contributed by atoms with E-state index in [1.54, 1.807) is 39.2 Å². The number of likely N-dealkylation sites (tertiary alicyclic amines) is 1. The molecule has 10 nitrogen and oxygen atoms in total. The normalized spacial score (nSPS) is 29.6. The maximum absolute atomic E-state index is 14.4. The molecular weight excluding hydrogens is 574 g/mol. The molecule has 2 aromatic rings. The predicted molar refractivity (Wildman–Crippen MR) is 146 cm³/mol. The second kappa shape index (κ2) is 11.0. The Morgan fingerprint density at radius 1 is 1.37 bits per heavy atom. The van der Waals surface area contributed by atoms with Gasteiger partial charge in [-0.15, -0.1) is 23.4 Å². The van der Waals surface area contributed by atoms with Gasteiger partial charge in [-0.25, -0.2) is 4.68 Å². The number of hydrogen-bond donors (Lipinski definition) is 1. The standard InChI is InChI=1S/C26H32BrN5O5S/c1-3-11-30(15-32-18-10-6-5-9-17(18)28-29-32)24(35)22-26-14-16(27)21(38-26)19(25(36)37-4-2)20(26)23(34)31(22)12-7-8-13-33/h3,5-6,9-10,16,19-22,33H,1,4,7-8,11-15H2,2H3/t16?,19-,20-,21-,22?,26?/m0/s1. The molecule has 2 amide bonds. The van der Waals surface area contributed by atoms with E-state index in [0.717, 1.165) is 11.0 Å². The number of fused-ring (bicyclic) bond motifs is 2. The minimum atomic E-state index is -0.761. The third kappa shape index (κ3) is 4.34. The van der Waals surface area contributed by atoms with Crippen molar-refractivity contribution in [3.8, 4) is 0 Å². The van der Waals surface area contributed by atoms with Crippen LogP contribution in [0.3, 0.4) is 0 Å². The number of carbonyl (C=O) groups is 3. The van der Waals surface area contributed by atoms with Crippen LogP contribution in [-0.4, -0.2) is 94.9 Å². The summed E-state index contributed by atoms with van der Waals surface area (Å²) >= 11 is 5.34. The topological polar surface area (TPSA) is 118 Å². The Morgan fingerprint density at radius 2 is 2.16 bits per heavy atom. The van der Waals surface area contributed by atoms with Crippen molar-refractivity contribution in [1.82, 2.24) is 24.8 Å². The fourth-order valence-corrected chi connectivity index (χ4v) is 9.88. The van der Waals surface area contributed by atoms with Crippen molar-refractivity contribution < 1.29 is 24.2 Å². The molecule has 3 saturated heterocycles. The summed E-state index contributed by atoms with van der Waals surface area (Å²) in [6.07, 6.45) is 3.32. The van der Waals surface area contributed by atoms with E-state index in [1.165, 1.54) is 0 Å². The molecule has 38 heavy (non-hydrogen) atoms. The van der Waals surface area contributed by atoms with Crippen LogP contribution in [0.15, 0.2) is 36.9 Å². The number of carbonyl (C=O) groups excluding carboxylic acids is 3. The van der Waals surface area contributed by atoms with E-state index in [2.05, 4.69) is 32.8 Å². The first-order chi connectivity index (χ1) is 18.4. The maximum Gasteiger partial charge on any atom is 0.310 e. The van der Waals surface area contributed by atoms with E-state index in [9.17, 15) is 19.5 Å². The quantitative estimate of drug-likeness (QED) is 0.179. The predicted octanol–water partition coefficient (Wildman–Crippen LogP) is 2.20. The summed E-state index contributed by atoms with van der Waals surface area (Å²) in [6.45, 7) is 6.58. The van der Waals surface area contributed by atoms with Crippen molar-refractivity contribution in [1.29, 1.82) is 0 Å². The minimum absolute atomic E-state index is 0.00290. The van der Waals surface area contributed by atoms with E-state index in [0.29, 0.717) is 25.8 Å². The van der Waals surface area contributed by atoms with Crippen molar-refractivity contribution in [2.45, 2.75) is 53.7 Å². The minimum Gasteiger partial charge on any atom is -0.466 e. The van der Waals surface area contributed by atoms with Crippen LogP contribution < -0.4 is 0 Å². The highest BCUT2D eigenvalue weighted by atomic mass is 79.9. The summed E-state index contributed by atoms with van der Waals surface area (Å²) in [5.74, 6) is -2.02. The summed E-state index contributed by atoms with van der Waals surface area (Å²) in [7, 11) is 0. The van der Waals surface area contributed by atoms with Crippen LogP contribution >= 0.6 is 27.7 Å². The number of amides is 2.